The Balaban J connectivity index is 4.16. The third-order valence-electron chi connectivity index (χ3n) is 2.42. The molecule has 0 bridgehead atoms. The highest BCUT2D eigenvalue weighted by molar-refractivity contribution is 7.88. The lowest BCUT2D eigenvalue weighted by Crippen LogP contribution is -2.51. The van der Waals surface area contributed by atoms with E-state index in [4.69, 9.17) is 0 Å². The second-order valence-electron chi connectivity index (χ2n) is 5.03. The van der Waals surface area contributed by atoms with Gasteiger partial charge in [0.1, 0.15) is 0 Å². The predicted octanol–water partition coefficient (Wildman–Crippen LogP) is 1.48. The van der Waals surface area contributed by atoms with Gasteiger partial charge in [0.15, 0.2) is 0 Å². The standard InChI is InChI=1S/C11H26N2O2S/c1-6-8-10(7-2)12-9-11(3,4)13-16(5,14)15/h10,12-13H,6-9H2,1-5H3. The van der Waals surface area contributed by atoms with Gasteiger partial charge in [-0.3, -0.25) is 0 Å². The van der Waals surface area contributed by atoms with Crippen LogP contribution in [0.15, 0.2) is 0 Å². The molecule has 0 aliphatic rings. The molecule has 0 saturated carbocycles. The van der Waals surface area contributed by atoms with Crippen LogP contribution < -0.4 is 10.0 Å². The van der Waals surface area contributed by atoms with Gasteiger partial charge >= 0.3 is 0 Å². The molecule has 0 aliphatic carbocycles. The zero-order valence-electron chi connectivity index (χ0n) is 11.1. The quantitative estimate of drug-likeness (QED) is 0.686. The fourth-order valence-corrected chi connectivity index (χ4v) is 2.81. The van der Waals surface area contributed by atoms with E-state index in [1.54, 1.807) is 0 Å². The van der Waals surface area contributed by atoms with Crippen LogP contribution in [0.2, 0.25) is 0 Å². The smallest absolute Gasteiger partial charge is 0.209 e. The molecule has 0 saturated heterocycles. The molecule has 0 spiro atoms. The Morgan fingerprint density at radius 2 is 1.81 bits per heavy atom. The van der Waals surface area contributed by atoms with E-state index in [2.05, 4.69) is 23.9 Å². The van der Waals surface area contributed by atoms with Crippen molar-refractivity contribution in [1.29, 1.82) is 0 Å². The van der Waals surface area contributed by atoms with Crippen molar-refractivity contribution in [3.05, 3.63) is 0 Å². The molecule has 98 valence electrons. The predicted molar refractivity (Wildman–Crippen MR) is 69.0 cm³/mol. The van der Waals surface area contributed by atoms with Crippen LogP contribution in [-0.2, 0) is 10.0 Å². The summed E-state index contributed by atoms with van der Waals surface area (Å²) in [7, 11) is -3.14. The molecular weight excluding hydrogens is 224 g/mol. The van der Waals surface area contributed by atoms with Gasteiger partial charge in [-0.25, -0.2) is 13.1 Å². The Labute approximate surface area is 100 Å². The Kier molecular flexibility index (Phi) is 6.51. The number of sulfonamides is 1. The van der Waals surface area contributed by atoms with E-state index in [1.807, 2.05) is 13.8 Å². The maximum Gasteiger partial charge on any atom is 0.209 e. The van der Waals surface area contributed by atoms with Crippen molar-refractivity contribution in [2.24, 2.45) is 0 Å². The van der Waals surface area contributed by atoms with Gasteiger partial charge in [-0.1, -0.05) is 20.3 Å². The van der Waals surface area contributed by atoms with Crippen molar-refractivity contribution in [1.82, 2.24) is 10.0 Å². The summed E-state index contributed by atoms with van der Waals surface area (Å²) in [6.45, 7) is 8.73. The van der Waals surface area contributed by atoms with Crippen LogP contribution in [-0.4, -0.2) is 32.8 Å². The van der Waals surface area contributed by atoms with Crippen LogP contribution in [0.3, 0.4) is 0 Å². The van der Waals surface area contributed by atoms with Crippen molar-refractivity contribution >= 4 is 10.0 Å². The summed E-state index contributed by atoms with van der Waals surface area (Å²) in [6, 6.07) is 0.477. The largest absolute Gasteiger partial charge is 0.312 e. The third kappa shape index (κ3) is 8.07. The monoisotopic (exact) mass is 250 g/mol. The molecule has 2 N–H and O–H groups in total. The van der Waals surface area contributed by atoms with Gasteiger partial charge in [0.05, 0.1) is 6.26 Å². The second-order valence-corrected chi connectivity index (χ2v) is 6.78. The molecule has 1 unspecified atom stereocenters. The van der Waals surface area contributed by atoms with E-state index >= 15 is 0 Å². The van der Waals surface area contributed by atoms with E-state index < -0.39 is 15.6 Å². The van der Waals surface area contributed by atoms with E-state index in [-0.39, 0.29) is 0 Å². The summed E-state index contributed by atoms with van der Waals surface area (Å²) in [5.41, 5.74) is -0.436. The lowest BCUT2D eigenvalue weighted by Gasteiger charge is -2.28. The molecule has 0 fully saturated rings. The lowest BCUT2D eigenvalue weighted by atomic mass is 10.0. The molecule has 0 radical (unpaired) electrons. The fraction of sp³-hybridized carbons (Fsp3) is 1.00. The van der Waals surface area contributed by atoms with E-state index in [9.17, 15) is 8.42 Å². The molecule has 0 aliphatic heterocycles. The van der Waals surface area contributed by atoms with Gasteiger partial charge in [-0.05, 0) is 26.7 Å². The average Bonchev–Trinajstić information content (AvgIpc) is 2.08. The number of hydrogen-bond donors (Lipinski definition) is 2. The van der Waals surface area contributed by atoms with Crippen molar-refractivity contribution in [2.75, 3.05) is 12.8 Å². The highest BCUT2D eigenvalue weighted by atomic mass is 32.2. The maximum absolute atomic E-state index is 11.1. The number of rotatable bonds is 8. The Morgan fingerprint density at radius 1 is 1.25 bits per heavy atom. The van der Waals surface area contributed by atoms with Gasteiger partial charge in [0.2, 0.25) is 10.0 Å². The Morgan fingerprint density at radius 3 is 2.19 bits per heavy atom. The summed E-state index contributed by atoms with van der Waals surface area (Å²) in [4.78, 5) is 0. The van der Waals surface area contributed by atoms with Gasteiger partial charge in [0, 0.05) is 18.1 Å². The second kappa shape index (κ2) is 6.57. The Bertz CT molecular complexity index is 286. The minimum absolute atomic E-state index is 0.436. The zero-order chi connectivity index (χ0) is 12.8. The van der Waals surface area contributed by atoms with Gasteiger partial charge in [-0.15, -0.1) is 0 Å². The molecule has 1 atom stereocenters. The number of nitrogens with one attached hydrogen (secondary N) is 2. The van der Waals surface area contributed by atoms with Crippen molar-refractivity contribution in [3.63, 3.8) is 0 Å². The summed E-state index contributed by atoms with van der Waals surface area (Å²) in [5, 5.41) is 3.41. The molecule has 0 heterocycles. The van der Waals surface area contributed by atoms with Crippen LogP contribution >= 0.6 is 0 Å². The molecule has 0 aromatic rings. The molecule has 4 nitrogen and oxygen atoms in total. The average molecular weight is 250 g/mol. The molecule has 0 aromatic heterocycles. The first kappa shape index (κ1) is 15.9. The van der Waals surface area contributed by atoms with Crippen molar-refractivity contribution < 1.29 is 8.42 Å². The van der Waals surface area contributed by atoms with E-state index in [1.165, 1.54) is 6.26 Å². The first-order chi connectivity index (χ1) is 7.20. The first-order valence-corrected chi connectivity index (χ1v) is 7.81. The summed E-state index contributed by atoms with van der Waals surface area (Å²) >= 11 is 0. The van der Waals surface area contributed by atoms with E-state index in [0.717, 1.165) is 19.3 Å². The minimum Gasteiger partial charge on any atom is -0.312 e. The first-order valence-electron chi connectivity index (χ1n) is 5.92. The topological polar surface area (TPSA) is 58.2 Å². The Hall–Kier alpha value is -0.130. The van der Waals surface area contributed by atoms with Gasteiger partial charge in [0.25, 0.3) is 0 Å². The maximum atomic E-state index is 11.1. The molecule has 0 amide bonds. The van der Waals surface area contributed by atoms with E-state index in [0.29, 0.717) is 12.6 Å². The molecule has 16 heavy (non-hydrogen) atoms. The van der Waals surface area contributed by atoms with Crippen LogP contribution in [0.25, 0.3) is 0 Å². The van der Waals surface area contributed by atoms with Crippen LogP contribution in [0, 0.1) is 0 Å². The SMILES string of the molecule is CCCC(CC)NCC(C)(C)NS(C)(=O)=O. The van der Waals surface area contributed by atoms with Crippen LogP contribution in [0.4, 0.5) is 0 Å². The van der Waals surface area contributed by atoms with Crippen LogP contribution in [0.5, 0.6) is 0 Å². The fourth-order valence-electron chi connectivity index (χ4n) is 1.74. The zero-order valence-corrected chi connectivity index (χ0v) is 11.9. The summed E-state index contributed by atoms with van der Waals surface area (Å²) in [5.74, 6) is 0. The minimum atomic E-state index is -3.14. The summed E-state index contributed by atoms with van der Waals surface area (Å²) in [6.07, 6.45) is 4.54. The van der Waals surface area contributed by atoms with Crippen LogP contribution in [0.1, 0.15) is 47.0 Å². The van der Waals surface area contributed by atoms with Gasteiger partial charge in [-0.2, -0.15) is 0 Å². The highest BCUT2D eigenvalue weighted by Crippen LogP contribution is 2.06. The van der Waals surface area contributed by atoms with Gasteiger partial charge < -0.3 is 5.32 Å². The van der Waals surface area contributed by atoms with Crippen molar-refractivity contribution in [2.45, 2.75) is 58.5 Å². The molecule has 5 heteroatoms. The normalized spacial score (nSPS) is 15.1. The molecule has 0 rings (SSSR count). The highest BCUT2D eigenvalue weighted by Gasteiger charge is 2.22. The lowest BCUT2D eigenvalue weighted by molar-refractivity contribution is 0.371. The number of hydrogen-bond acceptors (Lipinski definition) is 3. The summed E-state index contributed by atoms with van der Waals surface area (Å²) < 4.78 is 24.9. The molecular formula is C11H26N2O2S. The third-order valence-corrected chi connectivity index (χ3v) is 3.35. The van der Waals surface area contributed by atoms with Crippen molar-refractivity contribution in [3.8, 4) is 0 Å². The molecule has 0 aromatic carbocycles.